The monoisotopic (exact) mass is 454 g/mol. The van der Waals surface area contributed by atoms with E-state index in [2.05, 4.69) is 35.4 Å². The molecule has 2 heterocycles. The van der Waals surface area contributed by atoms with E-state index in [4.69, 9.17) is 17.3 Å². The first-order chi connectivity index (χ1) is 15.7. The molecule has 1 aromatic heterocycles. The number of carbonyl (C=O) groups excluding carboxylic acids is 1. The summed E-state index contributed by atoms with van der Waals surface area (Å²) in [6.45, 7) is 0. The van der Waals surface area contributed by atoms with Crippen LogP contribution in [0.5, 0.6) is 0 Å². The van der Waals surface area contributed by atoms with Gasteiger partial charge in [-0.3, -0.25) is 4.79 Å². The number of rotatable bonds is 5. The lowest BCUT2D eigenvalue weighted by Gasteiger charge is -2.09. The first-order valence-corrected chi connectivity index (χ1v) is 11.4. The highest BCUT2D eigenvalue weighted by Crippen LogP contribution is 2.28. The van der Waals surface area contributed by atoms with E-state index in [-0.39, 0.29) is 5.91 Å². The molecular weight excluding hydrogens is 436 g/mol. The zero-order valence-corrected chi connectivity index (χ0v) is 18.6. The number of carbonyl (C=O) groups is 1. The van der Waals surface area contributed by atoms with Crippen LogP contribution in [-0.4, -0.2) is 37.0 Å². The van der Waals surface area contributed by atoms with Crippen molar-refractivity contribution in [2.24, 2.45) is 5.10 Å². The van der Waals surface area contributed by atoms with Crippen LogP contribution in [0.15, 0.2) is 96.1 Å². The second kappa shape index (κ2) is 8.90. The van der Waals surface area contributed by atoms with Gasteiger partial charge in [-0.15, -0.1) is 0 Å². The molecule has 5 rings (SSSR count). The molecule has 0 bridgehead atoms. The van der Waals surface area contributed by atoms with E-state index in [9.17, 15) is 4.79 Å². The average Bonchev–Trinajstić information content (AvgIpc) is 3.43. The number of nitrogens with zero attached hydrogens (tertiary/aromatic N) is 4. The fourth-order valence-electron chi connectivity index (χ4n) is 3.43. The lowest BCUT2D eigenvalue weighted by Crippen LogP contribution is -2.22. The van der Waals surface area contributed by atoms with Crippen LogP contribution in [0.25, 0.3) is 28.2 Å². The highest BCUT2D eigenvalue weighted by atomic mass is 32.2. The van der Waals surface area contributed by atoms with Gasteiger partial charge in [0.25, 0.3) is 5.91 Å². The molecule has 0 unspecified atom stereocenters. The SMILES string of the molecule is O=C1CSC(=S)N1/N=C/c1ccc(-n2nc(-c3ccccc3)cc2-c2ccccc2)cc1. The van der Waals surface area contributed by atoms with Crippen LogP contribution in [0, 0.1) is 0 Å². The number of hydrogen-bond acceptors (Lipinski definition) is 5. The standard InChI is InChI=1S/C25H18N4OS2/c30-24-17-32-25(31)29(24)26-16-18-11-13-21(14-12-18)28-23(20-9-5-2-6-10-20)15-22(27-28)19-7-3-1-4-8-19/h1-16H,17H2/b26-16+. The van der Waals surface area contributed by atoms with Crippen molar-refractivity contribution in [3.8, 4) is 28.2 Å². The van der Waals surface area contributed by atoms with Gasteiger partial charge in [-0.1, -0.05) is 96.8 Å². The molecule has 0 radical (unpaired) electrons. The van der Waals surface area contributed by atoms with Crippen LogP contribution >= 0.6 is 24.0 Å². The molecule has 4 aromatic rings. The summed E-state index contributed by atoms with van der Waals surface area (Å²) < 4.78 is 2.44. The third-order valence-electron chi connectivity index (χ3n) is 5.04. The molecule has 0 aliphatic carbocycles. The van der Waals surface area contributed by atoms with Gasteiger partial charge in [0.15, 0.2) is 4.32 Å². The molecule has 3 aromatic carbocycles. The Balaban J connectivity index is 1.49. The van der Waals surface area contributed by atoms with E-state index in [1.807, 2.05) is 65.3 Å². The predicted molar refractivity (Wildman–Crippen MR) is 134 cm³/mol. The Hall–Kier alpha value is -3.55. The molecular formula is C25H18N4OS2. The van der Waals surface area contributed by atoms with Crippen molar-refractivity contribution in [3.05, 3.63) is 96.6 Å². The summed E-state index contributed by atoms with van der Waals surface area (Å²) in [6.07, 6.45) is 1.65. The summed E-state index contributed by atoms with van der Waals surface area (Å²) >= 11 is 6.49. The number of aromatic nitrogens is 2. The van der Waals surface area contributed by atoms with Gasteiger partial charge < -0.3 is 0 Å². The lowest BCUT2D eigenvalue weighted by atomic mass is 10.1. The maximum atomic E-state index is 11.8. The molecule has 1 amide bonds. The highest BCUT2D eigenvalue weighted by Gasteiger charge is 2.25. The Morgan fingerprint density at radius 2 is 1.56 bits per heavy atom. The van der Waals surface area contributed by atoms with Crippen LogP contribution in [-0.2, 0) is 4.79 Å². The quantitative estimate of drug-likeness (QED) is 0.299. The average molecular weight is 455 g/mol. The molecule has 1 aliphatic heterocycles. The van der Waals surface area contributed by atoms with Crippen molar-refractivity contribution < 1.29 is 4.79 Å². The normalized spacial score (nSPS) is 13.9. The molecule has 32 heavy (non-hydrogen) atoms. The maximum absolute atomic E-state index is 11.8. The fraction of sp³-hybridized carbons (Fsp3) is 0.0400. The van der Waals surface area contributed by atoms with E-state index in [1.54, 1.807) is 6.21 Å². The summed E-state index contributed by atoms with van der Waals surface area (Å²) in [6, 6.07) is 30.4. The van der Waals surface area contributed by atoms with Gasteiger partial charge in [0, 0.05) is 11.1 Å². The van der Waals surface area contributed by atoms with E-state index < -0.39 is 0 Å². The summed E-state index contributed by atoms with van der Waals surface area (Å²) in [4.78, 5) is 11.8. The molecule has 1 fully saturated rings. The number of benzene rings is 3. The van der Waals surface area contributed by atoms with Gasteiger partial charge in [-0.25, -0.2) is 4.68 Å². The van der Waals surface area contributed by atoms with Crippen molar-refractivity contribution in [2.45, 2.75) is 0 Å². The van der Waals surface area contributed by atoms with E-state index >= 15 is 0 Å². The topological polar surface area (TPSA) is 50.5 Å². The first-order valence-electron chi connectivity index (χ1n) is 10.0. The maximum Gasteiger partial charge on any atom is 0.259 e. The zero-order valence-electron chi connectivity index (χ0n) is 17.0. The second-order valence-corrected chi connectivity index (χ2v) is 8.76. The minimum atomic E-state index is -0.0923. The third-order valence-corrected chi connectivity index (χ3v) is 6.37. The van der Waals surface area contributed by atoms with Crippen LogP contribution in [0.4, 0.5) is 0 Å². The molecule has 0 spiro atoms. The fourth-order valence-corrected chi connectivity index (χ4v) is 4.39. The minimum absolute atomic E-state index is 0.0923. The smallest absolute Gasteiger partial charge is 0.259 e. The van der Waals surface area contributed by atoms with Crippen molar-refractivity contribution in [1.29, 1.82) is 0 Å². The molecule has 5 nitrogen and oxygen atoms in total. The molecule has 156 valence electrons. The van der Waals surface area contributed by atoms with Crippen LogP contribution < -0.4 is 0 Å². The summed E-state index contributed by atoms with van der Waals surface area (Å²) in [7, 11) is 0. The minimum Gasteiger partial charge on any atom is -0.272 e. The van der Waals surface area contributed by atoms with Gasteiger partial charge >= 0.3 is 0 Å². The molecule has 0 atom stereocenters. The Kier molecular flexibility index (Phi) is 5.66. The third kappa shape index (κ3) is 4.12. The Morgan fingerprint density at radius 1 is 0.906 bits per heavy atom. The Bertz CT molecular complexity index is 1280. The number of hydrazone groups is 1. The number of amides is 1. The lowest BCUT2D eigenvalue weighted by molar-refractivity contribution is -0.123. The number of thioether (sulfide) groups is 1. The van der Waals surface area contributed by atoms with E-state index in [0.29, 0.717) is 10.1 Å². The summed E-state index contributed by atoms with van der Waals surface area (Å²) in [5, 5.41) is 10.4. The van der Waals surface area contributed by atoms with Crippen molar-refractivity contribution in [1.82, 2.24) is 14.8 Å². The van der Waals surface area contributed by atoms with Gasteiger partial charge in [0.05, 0.1) is 29.0 Å². The molecule has 0 saturated carbocycles. The van der Waals surface area contributed by atoms with Gasteiger partial charge in [-0.2, -0.15) is 15.2 Å². The van der Waals surface area contributed by atoms with Crippen molar-refractivity contribution in [2.75, 3.05) is 5.75 Å². The van der Waals surface area contributed by atoms with Crippen molar-refractivity contribution >= 4 is 40.4 Å². The van der Waals surface area contributed by atoms with Crippen molar-refractivity contribution in [3.63, 3.8) is 0 Å². The van der Waals surface area contributed by atoms with E-state index in [0.717, 1.165) is 33.8 Å². The Morgan fingerprint density at radius 3 is 2.19 bits per heavy atom. The van der Waals surface area contributed by atoms with Gasteiger partial charge in [0.1, 0.15) is 0 Å². The molecule has 7 heteroatoms. The van der Waals surface area contributed by atoms with Crippen LogP contribution in [0.3, 0.4) is 0 Å². The van der Waals surface area contributed by atoms with Crippen LogP contribution in [0.2, 0.25) is 0 Å². The van der Waals surface area contributed by atoms with E-state index in [1.165, 1.54) is 16.8 Å². The number of thiocarbonyl (C=S) groups is 1. The van der Waals surface area contributed by atoms with Gasteiger partial charge in [-0.05, 0) is 23.8 Å². The zero-order chi connectivity index (χ0) is 21.9. The Labute approximate surface area is 195 Å². The largest absolute Gasteiger partial charge is 0.272 e. The molecule has 0 N–H and O–H groups in total. The number of hydrogen-bond donors (Lipinski definition) is 0. The summed E-state index contributed by atoms with van der Waals surface area (Å²) in [5.74, 6) is 0.255. The highest BCUT2D eigenvalue weighted by molar-refractivity contribution is 8.23. The summed E-state index contributed by atoms with van der Waals surface area (Å²) in [5.41, 5.74) is 5.89. The predicted octanol–water partition coefficient (Wildman–Crippen LogP) is 5.40. The van der Waals surface area contributed by atoms with Crippen LogP contribution in [0.1, 0.15) is 5.56 Å². The molecule has 1 saturated heterocycles. The second-order valence-electron chi connectivity index (χ2n) is 7.15. The van der Waals surface area contributed by atoms with Gasteiger partial charge in [0.2, 0.25) is 0 Å². The molecule has 1 aliphatic rings. The first kappa shape index (κ1) is 20.4.